The van der Waals surface area contributed by atoms with Gasteiger partial charge in [-0.3, -0.25) is 9.59 Å². The highest BCUT2D eigenvalue weighted by molar-refractivity contribution is 5.88. The Balaban J connectivity index is 2.76. The fourth-order valence-corrected chi connectivity index (χ4v) is 2.63. The molecule has 6 heteroatoms. The van der Waals surface area contributed by atoms with Crippen LogP contribution in [0.4, 0.5) is 0 Å². The number of carboxylic acid groups (broad SMARTS) is 1. The fraction of sp³-hybridized carbons (Fsp3) is 0.786. The highest BCUT2D eigenvalue weighted by Crippen LogP contribution is 2.30. The van der Waals surface area contributed by atoms with Crippen molar-refractivity contribution in [1.82, 2.24) is 5.32 Å². The Morgan fingerprint density at radius 3 is 2.15 bits per heavy atom. The van der Waals surface area contributed by atoms with E-state index in [9.17, 15) is 19.5 Å². The number of carbonyl (C=O) groups is 3. The normalized spacial score (nSPS) is 24.0. The van der Waals surface area contributed by atoms with Crippen LogP contribution in [0.25, 0.3) is 0 Å². The van der Waals surface area contributed by atoms with Gasteiger partial charge in [0.05, 0.1) is 18.9 Å². The number of ether oxygens (including phenoxy) is 1. The monoisotopic (exact) mass is 285 g/mol. The summed E-state index contributed by atoms with van der Waals surface area (Å²) in [5, 5.41) is 11.8. The van der Waals surface area contributed by atoms with Gasteiger partial charge in [-0.25, -0.2) is 4.79 Å². The van der Waals surface area contributed by atoms with Crippen LogP contribution in [0.1, 0.15) is 39.5 Å². The second-order valence-electron chi connectivity index (χ2n) is 5.59. The summed E-state index contributed by atoms with van der Waals surface area (Å²) < 4.78 is 4.67. The highest BCUT2D eigenvalue weighted by atomic mass is 16.5. The van der Waals surface area contributed by atoms with E-state index >= 15 is 0 Å². The summed E-state index contributed by atoms with van der Waals surface area (Å²) in [5.74, 6) is -3.14. The van der Waals surface area contributed by atoms with Gasteiger partial charge in [0.2, 0.25) is 5.91 Å². The number of hydrogen-bond acceptors (Lipinski definition) is 4. The second kappa shape index (κ2) is 7.26. The summed E-state index contributed by atoms with van der Waals surface area (Å²) in [6.07, 6.45) is 2.73. The third-order valence-electron chi connectivity index (χ3n) is 3.84. The number of esters is 1. The van der Waals surface area contributed by atoms with Crippen LogP contribution in [0.2, 0.25) is 0 Å². The first-order valence-corrected chi connectivity index (χ1v) is 6.99. The van der Waals surface area contributed by atoms with Gasteiger partial charge in [-0.05, 0) is 18.8 Å². The molecule has 1 aliphatic carbocycles. The first-order chi connectivity index (χ1) is 9.38. The van der Waals surface area contributed by atoms with Gasteiger partial charge >= 0.3 is 11.9 Å². The average molecular weight is 285 g/mol. The molecule has 2 unspecified atom stereocenters. The maximum atomic E-state index is 12.3. The van der Waals surface area contributed by atoms with Crippen molar-refractivity contribution in [2.24, 2.45) is 17.8 Å². The van der Waals surface area contributed by atoms with Crippen LogP contribution in [0, 0.1) is 17.8 Å². The Morgan fingerprint density at radius 2 is 1.70 bits per heavy atom. The van der Waals surface area contributed by atoms with Crippen molar-refractivity contribution in [3.8, 4) is 0 Å². The van der Waals surface area contributed by atoms with Crippen LogP contribution in [0.15, 0.2) is 0 Å². The van der Waals surface area contributed by atoms with Crippen LogP contribution >= 0.6 is 0 Å². The average Bonchev–Trinajstić information content (AvgIpc) is 2.43. The Morgan fingerprint density at radius 1 is 1.15 bits per heavy atom. The maximum Gasteiger partial charge on any atom is 0.328 e. The van der Waals surface area contributed by atoms with Crippen LogP contribution in [-0.2, 0) is 19.1 Å². The van der Waals surface area contributed by atoms with Gasteiger partial charge in [0.25, 0.3) is 0 Å². The molecule has 0 aromatic carbocycles. The molecular weight excluding hydrogens is 262 g/mol. The van der Waals surface area contributed by atoms with Gasteiger partial charge in [-0.2, -0.15) is 0 Å². The van der Waals surface area contributed by atoms with Crippen molar-refractivity contribution in [3.05, 3.63) is 0 Å². The molecule has 1 amide bonds. The zero-order valence-electron chi connectivity index (χ0n) is 12.2. The van der Waals surface area contributed by atoms with Gasteiger partial charge in [0.15, 0.2) is 0 Å². The topological polar surface area (TPSA) is 92.7 Å². The zero-order chi connectivity index (χ0) is 15.3. The first kappa shape index (κ1) is 16.5. The van der Waals surface area contributed by atoms with Crippen LogP contribution < -0.4 is 5.32 Å². The lowest BCUT2D eigenvalue weighted by Crippen LogP contribution is -2.49. The van der Waals surface area contributed by atoms with Crippen molar-refractivity contribution in [3.63, 3.8) is 0 Å². The van der Waals surface area contributed by atoms with Gasteiger partial charge in [-0.15, -0.1) is 0 Å². The molecule has 0 aliphatic heterocycles. The molecule has 1 fully saturated rings. The molecule has 1 aliphatic rings. The number of rotatable bonds is 5. The second-order valence-corrected chi connectivity index (χ2v) is 5.59. The molecule has 6 nitrogen and oxygen atoms in total. The number of carbonyl (C=O) groups excluding carboxylic acids is 2. The van der Waals surface area contributed by atoms with Crippen molar-refractivity contribution < 1.29 is 24.2 Å². The number of hydrogen-bond donors (Lipinski definition) is 2. The predicted molar refractivity (Wildman–Crippen MR) is 71.9 cm³/mol. The molecular formula is C14H23NO5. The molecule has 0 spiro atoms. The van der Waals surface area contributed by atoms with Crippen LogP contribution in [-0.4, -0.2) is 36.1 Å². The zero-order valence-corrected chi connectivity index (χ0v) is 12.2. The molecule has 1 saturated carbocycles. The largest absolute Gasteiger partial charge is 0.481 e. The Kier molecular flexibility index (Phi) is 5.98. The molecule has 0 saturated heterocycles. The third-order valence-corrected chi connectivity index (χ3v) is 3.84. The van der Waals surface area contributed by atoms with Gasteiger partial charge in [0, 0.05) is 0 Å². The molecule has 114 valence electrons. The predicted octanol–water partition coefficient (Wildman–Crippen LogP) is 1.19. The SMILES string of the molecule is COC(=O)[C@@H](NC(=O)C1CCCCC1C(=O)O)C(C)C. The molecule has 1 rings (SSSR count). The molecule has 0 aromatic rings. The number of methoxy groups -OCH3 is 1. The number of nitrogens with one attached hydrogen (secondary N) is 1. The van der Waals surface area contributed by atoms with Crippen LogP contribution in [0.5, 0.6) is 0 Å². The van der Waals surface area contributed by atoms with Crippen molar-refractivity contribution >= 4 is 17.8 Å². The third kappa shape index (κ3) is 3.95. The molecule has 0 aromatic heterocycles. The molecule has 20 heavy (non-hydrogen) atoms. The van der Waals surface area contributed by atoms with E-state index in [2.05, 4.69) is 10.1 Å². The van der Waals surface area contributed by atoms with Crippen LogP contribution in [0.3, 0.4) is 0 Å². The minimum atomic E-state index is -0.941. The lowest BCUT2D eigenvalue weighted by molar-refractivity contribution is -0.151. The lowest BCUT2D eigenvalue weighted by Gasteiger charge is -2.29. The van der Waals surface area contributed by atoms with E-state index in [-0.39, 0.29) is 11.8 Å². The summed E-state index contributed by atoms with van der Waals surface area (Å²) in [6.45, 7) is 3.61. The lowest BCUT2D eigenvalue weighted by atomic mass is 9.78. The smallest absolute Gasteiger partial charge is 0.328 e. The van der Waals surface area contributed by atoms with E-state index in [1.165, 1.54) is 7.11 Å². The Labute approximate surface area is 118 Å². The molecule has 3 atom stereocenters. The van der Waals surface area contributed by atoms with Crippen molar-refractivity contribution in [1.29, 1.82) is 0 Å². The van der Waals surface area contributed by atoms with E-state index in [1.807, 2.05) is 0 Å². The minimum absolute atomic E-state index is 0.113. The minimum Gasteiger partial charge on any atom is -0.481 e. The fourth-order valence-electron chi connectivity index (χ4n) is 2.63. The summed E-state index contributed by atoms with van der Waals surface area (Å²) >= 11 is 0. The van der Waals surface area contributed by atoms with E-state index in [1.54, 1.807) is 13.8 Å². The summed E-state index contributed by atoms with van der Waals surface area (Å²) in [4.78, 5) is 35.1. The number of aliphatic carboxylic acids is 1. The van der Waals surface area contributed by atoms with Crippen molar-refractivity contribution in [2.75, 3.05) is 7.11 Å². The van der Waals surface area contributed by atoms with E-state index in [4.69, 9.17) is 0 Å². The number of amides is 1. The molecule has 2 N–H and O–H groups in total. The maximum absolute atomic E-state index is 12.3. The van der Waals surface area contributed by atoms with E-state index < -0.39 is 29.8 Å². The summed E-state index contributed by atoms with van der Waals surface area (Å²) in [5.41, 5.74) is 0. The first-order valence-electron chi connectivity index (χ1n) is 6.99. The van der Waals surface area contributed by atoms with Gasteiger partial charge in [-0.1, -0.05) is 26.7 Å². The van der Waals surface area contributed by atoms with Gasteiger partial charge < -0.3 is 15.2 Å². The Hall–Kier alpha value is -1.59. The molecule has 0 radical (unpaired) electrons. The molecule has 0 heterocycles. The summed E-state index contributed by atoms with van der Waals surface area (Å²) in [7, 11) is 1.27. The Bertz CT molecular complexity index is 380. The summed E-state index contributed by atoms with van der Waals surface area (Å²) in [6, 6.07) is -0.733. The quantitative estimate of drug-likeness (QED) is 0.740. The van der Waals surface area contributed by atoms with Gasteiger partial charge in [0.1, 0.15) is 6.04 Å². The molecule has 0 bridgehead atoms. The highest BCUT2D eigenvalue weighted by Gasteiger charge is 2.37. The van der Waals surface area contributed by atoms with E-state index in [0.29, 0.717) is 12.8 Å². The standard InChI is InChI=1S/C14H23NO5/c1-8(2)11(14(19)20-3)15-12(16)9-6-4-5-7-10(9)13(17)18/h8-11H,4-7H2,1-3H3,(H,15,16)(H,17,18)/t9?,10?,11-/m0/s1. The van der Waals surface area contributed by atoms with Crippen molar-refractivity contribution in [2.45, 2.75) is 45.6 Å². The van der Waals surface area contributed by atoms with E-state index in [0.717, 1.165) is 12.8 Å². The number of carboxylic acids is 1.